The van der Waals surface area contributed by atoms with Gasteiger partial charge in [0, 0.05) is 25.3 Å². The van der Waals surface area contributed by atoms with Crippen LogP contribution >= 0.6 is 0 Å². The number of nitrogens with zero attached hydrogens (tertiary/aromatic N) is 3. The summed E-state index contributed by atoms with van der Waals surface area (Å²) in [5, 5.41) is 13.8. The minimum atomic E-state index is 0.250. The van der Waals surface area contributed by atoms with E-state index in [4.69, 9.17) is 10.2 Å². The maximum absolute atomic E-state index is 9.10. The van der Waals surface area contributed by atoms with Crippen molar-refractivity contribution in [3.05, 3.63) is 18.0 Å². The third-order valence-electron chi connectivity index (χ3n) is 4.18. The lowest BCUT2D eigenvalue weighted by Crippen LogP contribution is -2.28. The van der Waals surface area contributed by atoms with E-state index in [0.29, 0.717) is 12.1 Å². The van der Waals surface area contributed by atoms with Crippen LogP contribution < -0.4 is 0 Å². The fraction of sp³-hybridized carbons (Fsp3) is 0.786. The van der Waals surface area contributed by atoms with Crippen molar-refractivity contribution >= 4 is 0 Å². The van der Waals surface area contributed by atoms with Crippen LogP contribution in [-0.4, -0.2) is 39.0 Å². The van der Waals surface area contributed by atoms with Gasteiger partial charge < -0.3 is 5.11 Å². The Morgan fingerprint density at radius 2 is 2.06 bits per heavy atom. The van der Waals surface area contributed by atoms with Gasteiger partial charge in [-0.2, -0.15) is 5.10 Å². The Morgan fingerprint density at radius 3 is 2.72 bits per heavy atom. The molecule has 0 aromatic carbocycles. The molecule has 0 atom stereocenters. The molecule has 0 spiro atoms. The highest BCUT2D eigenvalue weighted by molar-refractivity contribution is 5.02. The van der Waals surface area contributed by atoms with Crippen LogP contribution in [0.3, 0.4) is 0 Å². The lowest BCUT2D eigenvalue weighted by molar-refractivity contribution is 0.181. The summed E-state index contributed by atoms with van der Waals surface area (Å²) in [4.78, 5) is 2.36. The Bertz CT molecular complexity index is 380. The van der Waals surface area contributed by atoms with Crippen molar-refractivity contribution in [1.82, 2.24) is 14.7 Å². The Hall–Kier alpha value is -0.870. The van der Waals surface area contributed by atoms with Gasteiger partial charge in [-0.15, -0.1) is 0 Å². The lowest BCUT2D eigenvalue weighted by atomic mass is 10.3. The van der Waals surface area contributed by atoms with Gasteiger partial charge >= 0.3 is 0 Å². The van der Waals surface area contributed by atoms with Crippen LogP contribution in [-0.2, 0) is 6.54 Å². The molecule has 3 rings (SSSR count). The fourth-order valence-corrected chi connectivity index (χ4v) is 3.00. The largest absolute Gasteiger partial charge is 0.395 e. The molecule has 2 aliphatic rings. The van der Waals surface area contributed by atoms with Crippen molar-refractivity contribution < 1.29 is 5.11 Å². The predicted molar refractivity (Wildman–Crippen MR) is 70.2 cm³/mol. The summed E-state index contributed by atoms with van der Waals surface area (Å²) in [6, 6.07) is 3.46. The maximum Gasteiger partial charge on any atom is 0.0765 e. The highest BCUT2D eigenvalue weighted by atomic mass is 16.3. The summed E-state index contributed by atoms with van der Waals surface area (Å²) in [5.41, 5.74) is 1.15. The molecule has 1 aromatic rings. The van der Waals surface area contributed by atoms with E-state index >= 15 is 0 Å². The number of hydrogen-bond acceptors (Lipinski definition) is 3. The molecule has 0 amide bonds. The fourth-order valence-electron chi connectivity index (χ4n) is 3.00. The average Bonchev–Trinajstić information content (AvgIpc) is 2.90. The molecule has 0 bridgehead atoms. The van der Waals surface area contributed by atoms with Crippen molar-refractivity contribution in [1.29, 1.82) is 0 Å². The van der Waals surface area contributed by atoms with Crippen LogP contribution in [0.25, 0.3) is 0 Å². The topological polar surface area (TPSA) is 41.3 Å². The van der Waals surface area contributed by atoms with Crippen LogP contribution in [0.4, 0.5) is 0 Å². The van der Waals surface area contributed by atoms with Gasteiger partial charge in [0.25, 0.3) is 0 Å². The highest BCUT2D eigenvalue weighted by Crippen LogP contribution is 2.30. The van der Waals surface area contributed by atoms with Gasteiger partial charge in [-0.25, -0.2) is 0 Å². The van der Waals surface area contributed by atoms with Gasteiger partial charge in [0.15, 0.2) is 0 Å². The second-order valence-corrected chi connectivity index (χ2v) is 5.65. The molecule has 1 N–H and O–H groups in total. The standard InChI is InChI=1S/C14H23N3O/c18-10-9-16(13-5-6-13)11-12-7-8-17(15-12)14-3-1-2-4-14/h7-8,13-14,18H,1-6,9-11H2. The normalized spacial score (nSPS) is 21.0. The van der Waals surface area contributed by atoms with Crippen LogP contribution in [0.2, 0.25) is 0 Å². The molecule has 0 aliphatic heterocycles. The average molecular weight is 249 g/mol. The summed E-state index contributed by atoms with van der Waals surface area (Å²) in [6.45, 7) is 1.92. The number of hydrogen-bond donors (Lipinski definition) is 1. The van der Waals surface area contributed by atoms with Crippen molar-refractivity contribution in [2.24, 2.45) is 0 Å². The van der Waals surface area contributed by atoms with Crippen molar-refractivity contribution in [2.75, 3.05) is 13.2 Å². The minimum Gasteiger partial charge on any atom is -0.395 e. The molecule has 100 valence electrons. The Kier molecular flexibility index (Phi) is 3.66. The third kappa shape index (κ3) is 2.75. The van der Waals surface area contributed by atoms with Gasteiger partial charge in [-0.1, -0.05) is 12.8 Å². The van der Waals surface area contributed by atoms with E-state index in [9.17, 15) is 0 Å². The van der Waals surface area contributed by atoms with E-state index < -0.39 is 0 Å². The number of aliphatic hydroxyl groups is 1. The molecular formula is C14H23N3O. The van der Waals surface area contributed by atoms with Crippen molar-refractivity contribution in [3.63, 3.8) is 0 Å². The molecule has 0 unspecified atom stereocenters. The molecule has 4 nitrogen and oxygen atoms in total. The molecule has 0 radical (unpaired) electrons. The van der Waals surface area contributed by atoms with E-state index in [-0.39, 0.29) is 6.61 Å². The first-order valence-electron chi connectivity index (χ1n) is 7.26. The Morgan fingerprint density at radius 1 is 1.28 bits per heavy atom. The molecule has 1 heterocycles. The van der Waals surface area contributed by atoms with Gasteiger partial charge in [0.1, 0.15) is 0 Å². The van der Waals surface area contributed by atoms with E-state index in [1.807, 2.05) is 0 Å². The van der Waals surface area contributed by atoms with Gasteiger partial charge in [0.05, 0.1) is 18.3 Å². The molecule has 0 saturated heterocycles. The monoisotopic (exact) mass is 249 g/mol. The van der Waals surface area contributed by atoms with Gasteiger partial charge in [0.2, 0.25) is 0 Å². The SMILES string of the molecule is OCCN(Cc1ccn(C2CCCC2)n1)C1CC1. The quantitative estimate of drug-likeness (QED) is 0.838. The maximum atomic E-state index is 9.10. The zero-order valence-corrected chi connectivity index (χ0v) is 11.0. The number of rotatable bonds is 6. The summed E-state index contributed by atoms with van der Waals surface area (Å²) >= 11 is 0. The van der Waals surface area contributed by atoms with E-state index in [1.54, 1.807) is 0 Å². The van der Waals surface area contributed by atoms with Crippen LogP contribution in [0.5, 0.6) is 0 Å². The second kappa shape index (κ2) is 5.41. The predicted octanol–water partition coefficient (Wildman–Crippen LogP) is 1.95. The van der Waals surface area contributed by atoms with Gasteiger partial charge in [-0.3, -0.25) is 9.58 Å². The molecule has 2 fully saturated rings. The van der Waals surface area contributed by atoms with E-state index in [1.165, 1.54) is 38.5 Å². The molecular weight excluding hydrogens is 226 g/mol. The smallest absolute Gasteiger partial charge is 0.0765 e. The zero-order valence-electron chi connectivity index (χ0n) is 11.0. The highest BCUT2D eigenvalue weighted by Gasteiger charge is 2.29. The third-order valence-corrected chi connectivity index (χ3v) is 4.18. The zero-order chi connectivity index (χ0) is 12.4. The van der Waals surface area contributed by atoms with Gasteiger partial charge in [-0.05, 0) is 31.7 Å². The Balaban J connectivity index is 1.61. The Labute approximate surface area is 109 Å². The second-order valence-electron chi connectivity index (χ2n) is 5.65. The van der Waals surface area contributed by atoms with E-state index in [2.05, 4.69) is 21.8 Å². The summed E-state index contributed by atoms with van der Waals surface area (Å²) < 4.78 is 2.16. The van der Waals surface area contributed by atoms with Crippen molar-refractivity contribution in [2.45, 2.75) is 57.2 Å². The van der Waals surface area contributed by atoms with Crippen LogP contribution in [0, 0.1) is 0 Å². The number of aliphatic hydroxyl groups excluding tert-OH is 1. The minimum absolute atomic E-state index is 0.250. The summed E-state index contributed by atoms with van der Waals surface area (Å²) in [7, 11) is 0. The first-order chi connectivity index (χ1) is 8.86. The molecule has 4 heteroatoms. The van der Waals surface area contributed by atoms with E-state index in [0.717, 1.165) is 18.8 Å². The summed E-state index contributed by atoms with van der Waals surface area (Å²) in [6.07, 6.45) is 9.95. The van der Waals surface area contributed by atoms with Crippen LogP contribution in [0.1, 0.15) is 50.3 Å². The molecule has 1 aromatic heterocycles. The summed E-state index contributed by atoms with van der Waals surface area (Å²) in [5.74, 6) is 0. The molecule has 2 aliphatic carbocycles. The lowest BCUT2D eigenvalue weighted by Gasteiger charge is -2.19. The molecule has 18 heavy (non-hydrogen) atoms. The first-order valence-corrected chi connectivity index (χ1v) is 7.26. The molecule has 2 saturated carbocycles. The van der Waals surface area contributed by atoms with Crippen LogP contribution in [0.15, 0.2) is 12.3 Å². The number of aromatic nitrogens is 2. The van der Waals surface area contributed by atoms with Crippen molar-refractivity contribution in [3.8, 4) is 0 Å². The first kappa shape index (κ1) is 12.2.